The van der Waals surface area contributed by atoms with E-state index in [-0.39, 0.29) is 12.5 Å². The molecule has 1 amide bonds. The van der Waals surface area contributed by atoms with Crippen molar-refractivity contribution in [2.24, 2.45) is 0 Å². The van der Waals surface area contributed by atoms with E-state index in [0.29, 0.717) is 59.0 Å². The average molecular weight is 605 g/mol. The molecule has 0 saturated heterocycles. The highest BCUT2D eigenvalue weighted by molar-refractivity contribution is 7.09. The Labute approximate surface area is 247 Å². The largest absolute Gasteiger partial charge is 0.493 e. The highest BCUT2D eigenvalue weighted by Crippen LogP contribution is 2.31. The Hall–Kier alpha value is -3.24. The van der Waals surface area contributed by atoms with Gasteiger partial charge in [-0.1, -0.05) is 29.3 Å². The van der Waals surface area contributed by atoms with E-state index in [4.69, 9.17) is 47.1 Å². The van der Waals surface area contributed by atoms with Crippen molar-refractivity contribution in [3.8, 4) is 28.6 Å². The van der Waals surface area contributed by atoms with E-state index in [2.05, 4.69) is 9.88 Å². The SMILES string of the molecule is COCCNC(=O)c1cc(-c2csc(COc3cc(Cl)cc(Cl)c3)n2)n(CCc2ccc(OC)c(OC)c2)c1C. The number of ether oxygens (including phenoxy) is 4. The molecule has 0 unspecified atom stereocenters. The summed E-state index contributed by atoms with van der Waals surface area (Å²) in [5.74, 6) is 1.76. The van der Waals surface area contributed by atoms with Crippen LogP contribution < -0.4 is 19.5 Å². The molecule has 0 saturated carbocycles. The second-order valence-corrected chi connectivity index (χ2v) is 10.7. The summed E-state index contributed by atoms with van der Waals surface area (Å²) in [6.45, 7) is 3.70. The van der Waals surface area contributed by atoms with Gasteiger partial charge in [-0.2, -0.15) is 0 Å². The molecule has 4 aromatic rings. The number of hydrogen-bond donors (Lipinski definition) is 1. The lowest BCUT2D eigenvalue weighted by molar-refractivity contribution is 0.0936. The van der Waals surface area contributed by atoms with E-state index < -0.39 is 0 Å². The maximum absolute atomic E-state index is 13.0. The predicted molar refractivity (Wildman–Crippen MR) is 159 cm³/mol. The molecule has 4 rings (SSSR count). The molecular formula is C29H31Cl2N3O5S. The van der Waals surface area contributed by atoms with Gasteiger partial charge in [-0.15, -0.1) is 11.3 Å². The first-order valence-electron chi connectivity index (χ1n) is 12.5. The van der Waals surface area contributed by atoms with Crippen LogP contribution in [0, 0.1) is 6.92 Å². The van der Waals surface area contributed by atoms with Gasteiger partial charge >= 0.3 is 0 Å². The van der Waals surface area contributed by atoms with Crippen molar-refractivity contribution in [3.05, 3.63) is 79.7 Å². The van der Waals surface area contributed by atoms with Gasteiger partial charge in [-0.05, 0) is 55.3 Å². The summed E-state index contributed by atoms with van der Waals surface area (Å²) in [6, 6.07) is 12.8. The molecule has 0 bridgehead atoms. The number of hydrogen-bond acceptors (Lipinski definition) is 7. The molecule has 0 radical (unpaired) electrons. The quantitative estimate of drug-likeness (QED) is 0.177. The number of carbonyl (C=O) groups is 1. The van der Waals surface area contributed by atoms with Crippen molar-refractivity contribution in [2.75, 3.05) is 34.5 Å². The number of methoxy groups -OCH3 is 3. The predicted octanol–water partition coefficient (Wildman–Crippen LogP) is 6.44. The summed E-state index contributed by atoms with van der Waals surface area (Å²) >= 11 is 13.7. The van der Waals surface area contributed by atoms with Crippen LogP contribution in [0.2, 0.25) is 10.0 Å². The molecule has 2 aromatic carbocycles. The molecule has 0 aliphatic carbocycles. The Bertz CT molecular complexity index is 1450. The lowest BCUT2D eigenvalue weighted by Crippen LogP contribution is -2.27. The molecule has 8 nitrogen and oxygen atoms in total. The zero-order valence-corrected chi connectivity index (χ0v) is 25.1. The lowest BCUT2D eigenvalue weighted by atomic mass is 10.1. The minimum absolute atomic E-state index is 0.155. The fourth-order valence-corrected chi connectivity index (χ4v) is 5.47. The molecule has 2 aromatic heterocycles. The first kappa shape index (κ1) is 29.7. The Kier molecular flexibility index (Phi) is 10.3. The van der Waals surface area contributed by atoms with Crippen LogP contribution in [0.4, 0.5) is 0 Å². The van der Waals surface area contributed by atoms with Gasteiger partial charge in [0, 0.05) is 41.3 Å². The van der Waals surface area contributed by atoms with Crippen molar-refractivity contribution in [1.29, 1.82) is 0 Å². The number of nitrogens with zero attached hydrogens (tertiary/aromatic N) is 2. The van der Waals surface area contributed by atoms with Crippen LogP contribution in [0.1, 0.15) is 26.6 Å². The maximum Gasteiger partial charge on any atom is 0.253 e. The molecule has 0 atom stereocenters. The molecular weight excluding hydrogens is 573 g/mol. The number of carbonyl (C=O) groups excluding carboxylic acids is 1. The Balaban J connectivity index is 1.59. The number of aromatic nitrogens is 2. The van der Waals surface area contributed by atoms with Crippen molar-refractivity contribution >= 4 is 40.4 Å². The van der Waals surface area contributed by atoms with Crippen LogP contribution in [0.5, 0.6) is 17.2 Å². The average Bonchev–Trinajstić information content (AvgIpc) is 3.54. The molecule has 0 aliphatic rings. The third kappa shape index (κ3) is 7.28. The highest BCUT2D eigenvalue weighted by atomic mass is 35.5. The van der Waals surface area contributed by atoms with Gasteiger partial charge in [0.25, 0.3) is 5.91 Å². The van der Waals surface area contributed by atoms with Gasteiger partial charge in [0.2, 0.25) is 0 Å². The number of benzene rings is 2. The second-order valence-electron chi connectivity index (χ2n) is 8.89. The van der Waals surface area contributed by atoms with Crippen LogP contribution in [0.25, 0.3) is 11.4 Å². The summed E-state index contributed by atoms with van der Waals surface area (Å²) in [5, 5.41) is 6.67. The van der Waals surface area contributed by atoms with Gasteiger partial charge in [0.15, 0.2) is 11.5 Å². The summed E-state index contributed by atoms with van der Waals surface area (Å²) in [7, 11) is 4.84. The fraction of sp³-hybridized carbons (Fsp3) is 0.310. The molecule has 0 spiro atoms. The van der Waals surface area contributed by atoms with Gasteiger partial charge in [-0.3, -0.25) is 4.79 Å². The molecule has 0 aliphatic heterocycles. The summed E-state index contributed by atoms with van der Waals surface area (Å²) < 4.78 is 23.9. The Morgan fingerprint density at radius 3 is 2.48 bits per heavy atom. The van der Waals surface area contributed by atoms with Crippen LogP contribution in [0.3, 0.4) is 0 Å². The zero-order chi connectivity index (χ0) is 28.6. The summed E-state index contributed by atoms with van der Waals surface area (Å²) in [6.07, 6.45) is 0.712. The van der Waals surface area contributed by atoms with E-state index in [1.807, 2.05) is 36.6 Å². The fourth-order valence-electron chi connectivity index (χ4n) is 4.27. The first-order valence-corrected chi connectivity index (χ1v) is 14.2. The van der Waals surface area contributed by atoms with Crippen LogP contribution in [-0.4, -0.2) is 49.9 Å². The second kappa shape index (κ2) is 13.9. The summed E-state index contributed by atoms with van der Waals surface area (Å²) in [5.41, 5.74) is 4.14. The molecule has 1 N–H and O–H groups in total. The molecule has 40 heavy (non-hydrogen) atoms. The van der Waals surface area contributed by atoms with Crippen molar-refractivity contribution in [2.45, 2.75) is 26.5 Å². The minimum Gasteiger partial charge on any atom is -0.493 e. The number of aryl methyl sites for hydroxylation is 1. The van der Waals surface area contributed by atoms with Gasteiger partial charge in [0.1, 0.15) is 17.4 Å². The topological polar surface area (TPSA) is 83.8 Å². The van der Waals surface area contributed by atoms with Crippen molar-refractivity contribution in [3.63, 3.8) is 0 Å². The Morgan fingerprint density at radius 2 is 1.77 bits per heavy atom. The third-order valence-corrected chi connectivity index (χ3v) is 7.55. The van der Waals surface area contributed by atoms with Gasteiger partial charge in [0.05, 0.1) is 37.8 Å². The number of nitrogens with one attached hydrogen (secondary N) is 1. The lowest BCUT2D eigenvalue weighted by Gasteiger charge is -2.13. The van der Waals surface area contributed by atoms with Crippen LogP contribution in [-0.2, 0) is 24.3 Å². The zero-order valence-electron chi connectivity index (χ0n) is 22.8. The van der Waals surface area contributed by atoms with Crippen molar-refractivity contribution < 1.29 is 23.7 Å². The van der Waals surface area contributed by atoms with E-state index >= 15 is 0 Å². The maximum atomic E-state index is 13.0. The van der Waals surface area contributed by atoms with E-state index in [1.165, 1.54) is 11.3 Å². The number of rotatable bonds is 13. The monoisotopic (exact) mass is 603 g/mol. The van der Waals surface area contributed by atoms with Gasteiger partial charge < -0.3 is 28.8 Å². The van der Waals surface area contributed by atoms with Crippen LogP contribution in [0.15, 0.2) is 47.8 Å². The highest BCUT2D eigenvalue weighted by Gasteiger charge is 2.20. The van der Waals surface area contributed by atoms with Gasteiger partial charge in [-0.25, -0.2) is 4.98 Å². The normalized spacial score (nSPS) is 10.9. The molecule has 2 heterocycles. The van der Waals surface area contributed by atoms with E-state index in [0.717, 1.165) is 27.7 Å². The molecule has 0 fully saturated rings. The minimum atomic E-state index is -0.155. The van der Waals surface area contributed by atoms with E-state index in [9.17, 15) is 4.79 Å². The van der Waals surface area contributed by atoms with E-state index in [1.54, 1.807) is 39.5 Å². The number of amides is 1. The molecule has 11 heteroatoms. The number of halogens is 2. The standard InChI is InChI=1S/C29H31Cl2N3O5S/c1-18-23(29(35)32-8-10-36-2)15-25(34(18)9-7-19-5-6-26(37-3)27(11-19)38-4)24-17-40-28(33-24)16-39-22-13-20(30)12-21(31)14-22/h5-6,11-15,17H,7-10,16H2,1-4H3,(H,32,35). The third-order valence-electron chi connectivity index (χ3n) is 6.29. The molecule has 212 valence electrons. The Morgan fingerprint density at radius 1 is 1.02 bits per heavy atom. The first-order chi connectivity index (χ1) is 19.3. The van der Waals surface area contributed by atoms with Crippen LogP contribution >= 0.6 is 34.5 Å². The number of thiazole rings is 1. The smallest absolute Gasteiger partial charge is 0.253 e. The van der Waals surface area contributed by atoms with Crippen molar-refractivity contribution in [1.82, 2.24) is 14.9 Å². The summed E-state index contributed by atoms with van der Waals surface area (Å²) in [4.78, 5) is 17.8.